The van der Waals surface area contributed by atoms with Crippen molar-refractivity contribution in [1.82, 2.24) is 15.5 Å². The Morgan fingerprint density at radius 3 is 2.50 bits per heavy atom. The first-order chi connectivity index (χ1) is 16.7. The number of carbonyl (C=O) groups is 2. The standard InChI is InChI=1S/C23H21ClFN5O5S/c1-23(2,3)27-19(31)21-29-28-20(35-21)14-8-17-18(9-15(14)25)36(33,34)11-16(26)22(32)30(17)10-12-4-6-13(24)7-5-12/h4-9,11H,10,26H2,1-3H3,(H,27,31). The van der Waals surface area contributed by atoms with E-state index in [0.29, 0.717) is 16.0 Å². The van der Waals surface area contributed by atoms with E-state index in [1.54, 1.807) is 45.0 Å². The summed E-state index contributed by atoms with van der Waals surface area (Å²) in [5, 5.41) is 11.1. The third kappa shape index (κ3) is 5.09. The molecule has 1 aromatic heterocycles. The molecule has 0 bridgehead atoms. The highest BCUT2D eigenvalue weighted by Gasteiger charge is 2.33. The number of halogens is 2. The molecule has 0 radical (unpaired) electrons. The van der Waals surface area contributed by atoms with Gasteiger partial charge in [-0.25, -0.2) is 12.8 Å². The van der Waals surface area contributed by atoms with Crippen LogP contribution in [0.25, 0.3) is 11.5 Å². The van der Waals surface area contributed by atoms with Crippen LogP contribution in [0, 0.1) is 5.82 Å². The zero-order valence-electron chi connectivity index (χ0n) is 19.4. The Balaban J connectivity index is 1.83. The van der Waals surface area contributed by atoms with Crippen molar-refractivity contribution >= 4 is 38.9 Å². The fourth-order valence-corrected chi connectivity index (χ4v) is 4.86. The molecular weight excluding hydrogens is 513 g/mol. The molecule has 0 unspecified atom stereocenters. The van der Waals surface area contributed by atoms with E-state index in [9.17, 15) is 18.0 Å². The third-order valence-electron chi connectivity index (χ3n) is 5.01. The maximum Gasteiger partial charge on any atom is 0.309 e. The summed E-state index contributed by atoms with van der Waals surface area (Å²) in [6.07, 6.45) is 0. The fourth-order valence-electron chi connectivity index (χ4n) is 3.44. The minimum Gasteiger partial charge on any atom is -0.412 e. The summed E-state index contributed by atoms with van der Waals surface area (Å²) in [5.41, 5.74) is 4.78. The van der Waals surface area contributed by atoms with Gasteiger partial charge in [0.2, 0.25) is 9.84 Å². The van der Waals surface area contributed by atoms with Crippen LogP contribution in [0.1, 0.15) is 37.0 Å². The van der Waals surface area contributed by atoms with E-state index < -0.39 is 49.5 Å². The van der Waals surface area contributed by atoms with Crippen LogP contribution < -0.4 is 16.0 Å². The van der Waals surface area contributed by atoms with Crippen molar-refractivity contribution in [2.45, 2.75) is 37.8 Å². The van der Waals surface area contributed by atoms with Gasteiger partial charge in [0.1, 0.15) is 11.5 Å². The van der Waals surface area contributed by atoms with Crippen molar-refractivity contribution < 1.29 is 26.8 Å². The van der Waals surface area contributed by atoms with Crippen LogP contribution >= 0.6 is 11.6 Å². The number of aromatic nitrogens is 2. The molecule has 0 saturated heterocycles. The molecule has 2 amide bonds. The van der Waals surface area contributed by atoms with E-state index in [1.165, 1.54) is 0 Å². The van der Waals surface area contributed by atoms with Gasteiger partial charge in [0.25, 0.3) is 11.8 Å². The molecule has 1 aliphatic rings. The van der Waals surface area contributed by atoms with E-state index >= 15 is 4.39 Å². The Morgan fingerprint density at radius 1 is 1.19 bits per heavy atom. The van der Waals surface area contributed by atoms with Gasteiger partial charge in [0, 0.05) is 10.6 Å². The zero-order chi connectivity index (χ0) is 26.4. The molecule has 3 N–H and O–H groups in total. The van der Waals surface area contributed by atoms with Gasteiger partial charge in [0.15, 0.2) is 0 Å². The summed E-state index contributed by atoms with van der Waals surface area (Å²) in [4.78, 5) is 26.0. The lowest BCUT2D eigenvalue weighted by molar-refractivity contribution is -0.115. The largest absolute Gasteiger partial charge is 0.412 e. The lowest BCUT2D eigenvalue weighted by Crippen LogP contribution is -2.40. The van der Waals surface area contributed by atoms with Crippen molar-refractivity contribution in [2.75, 3.05) is 4.90 Å². The number of hydrogen-bond acceptors (Lipinski definition) is 8. The molecule has 0 spiro atoms. The maximum absolute atomic E-state index is 15.2. The summed E-state index contributed by atoms with van der Waals surface area (Å²) in [5.74, 6) is -3.29. The molecule has 13 heteroatoms. The average molecular weight is 534 g/mol. The van der Waals surface area contributed by atoms with Crippen LogP contribution in [0.3, 0.4) is 0 Å². The number of sulfone groups is 1. The summed E-state index contributed by atoms with van der Waals surface area (Å²) in [6, 6.07) is 8.36. The summed E-state index contributed by atoms with van der Waals surface area (Å²) in [6.45, 7) is 5.16. The molecule has 10 nitrogen and oxygen atoms in total. The second-order valence-corrected chi connectivity index (χ2v) is 11.3. The van der Waals surface area contributed by atoms with Gasteiger partial charge < -0.3 is 20.4 Å². The highest BCUT2D eigenvalue weighted by Crippen LogP contribution is 2.37. The Labute approximate surface area is 210 Å². The monoisotopic (exact) mass is 533 g/mol. The Bertz CT molecular complexity index is 1510. The first-order valence-corrected chi connectivity index (χ1v) is 12.5. The van der Waals surface area contributed by atoms with E-state index in [2.05, 4.69) is 15.5 Å². The van der Waals surface area contributed by atoms with E-state index in [-0.39, 0.29) is 23.7 Å². The zero-order valence-corrected chi connectivity index (χ0v) is 20.9. The smallest absolute Gasteiger partial charge is 0.309 e. The first-order valence-electron chi connectivity index (χ1n) is 10.5. The average Bonchev–Trinajstić information content (AvgIpc) is 3.25. The molecule has 2 heterocycles. The molecule has 4 rings (SSSR count). The van der Waals surface area contributed by atoms with Gasteiger partial charge in [-0.3, -0.25) is 9.59 Å². The molecule has 0 aliphatic carbocycles. The normalized spacial score (nSPS) is 15.2. The van der Waals surface area contributed by atoms with Crippen molar-refractivity contribution in [2.24, 2.45) is 5.73 Å². The maximum atomic E-state index is 15.2. The fraction of sp³-hybridized carbons (Fsp3) is 0.217. The SMILES string of the molecule is CC(C)(C)NC(=O)c1nnc(-c2cc3c(cc2F)S(=O)(=O)C=C(N)C(=O)N3Cc2ccc(Cl)cc2)o1. The summed E-state index contributed by atoms with van der Waals surface area (Å²) < 4.78 is 46.3. The summed E-state index contributed by atoms with van der Waals surface area (Å²) >= 11 is 5.93. The van der Waals surface area contributed by atoms with Gasteiger partial charge in [-0.1, -0.05) is 23.7 Å². The van der Waals surface area contributed by atoms with Crippen molar-refractivity contribution in [1.29, 1.82) is 0 Å². The lowest BCUT2D eigenvalue weighted by Gasteiger charge is -2.23. The molecule has 2 aromatic carbocycles. The first kappa shape index (κ1) is 25.3. The number of fused-ring (bicyclic) bond motifs is 1. The predicted octanol–water partition coefficient (Wildman–Crippen LogP) is 3.18. The van der Waals surface area contributed by atoms with Crippen LogP contribution in [0.5, 0.6) is 0 Å². The third-order valence-corrected chi connectivity index (χ3v) is 6.77. The molecular formula is C23H21ClFN5O5S. The Kier molecular flexibility index (Phi) is 6.35. The number of nitrogens with two attached hydrogens (primary N) is 1. The number of hydrogen-bond donors (Lipinski definition) is 2. The lowest BCUT2D eigenvalue weighted by atomic mass is 10.1. The summed E-state index contributed by atoms with van der Waals surface area (Å²) in [7, 11) is -4.28. The Hall–Kier alpha value is -3.77. The van der Waals surface area contributed by atoms with Gasteiger partial charge >= 0.3 is 11.8 Å². The molecule has 188 valence electrons. The van der Waals surface area contributed by atoms with Gasteiger partial charge in [0.05, 0.1) is 28.1 Å². The quantitative estimate of drug-likeness (QED) is 0.519. The van der Waals surface area contributed by atoms with Crippen LogP contribution in [0.15, 0.2) is 56.8 Å². The van der Waals surface area contributed by atoms with Crippen molar-refractivity contribution in [3.63, 3.8) is 0 Å². The molecule has 36 heavy (non-hydrogen) atoms. The van der Waals surface area contributed by atoms with Gasteiger partial charge in [-0.05, 0) is 50.6 Å². The van der Waals surface area contributed by atoms with Gasteiger partial charge in [-0.15, -0.1) is 10.2 Å². The van der Waals surface area contributed by atoms with Crippen LogP contribution in [-0.4, -0.2) is 36.0 Å². The van der Waals surface area contributed by atoms with E-state index in [1.807, 2.05) is 0 Å². The highest BCUT2D eigenvalue weighted by molar-refractivity contribution is 7.94. The number of anilines is 1. The van der Waals surface area contributed by atoms with E-state index in [4.69, 9.17) is 21.8 Å². The number of amides is 2. The number of carbonyl (C=O) groups excluding carboxylic acids is 2. The topological polar surface area (TPSA) is 148 Å². The second kappa shape index (κ2) is 9.03. The molecule has 0 atom stereocenters. The molecule has 0 fully saturated rings. The number of benzene rings is 2. The molecule has 1 aliphatic heterocycles. The predicted molar refractivity (Wildman–Crippen MR) is 129 cm³/mol. The van der Waals surface area contributed by atoms with Crippen molar-refractivity contribution in [3.8, 4) is 11.5 Å². The van der Waals surface area contributed by atoms with Gasteiger partial charge in [-0.2, -0.15) is 0 Å². The Morgan fingerprint density at radius 2 is 1.86 bits per heavy atom. The van der Waals surface area contributed by atoms with E-state index in [0.717, 1.165) is 17.0 Å². The highest BCUT2D eigenvalue weighted by atomic mass is 35.5. The van der Waals surface area contributed by atoms with Crippen LogP contribution in [0.2, 0.25) is 5.02 Å². The van der Waals surface area contributed by atoms with Crippen molar-refractivity contribution in [3.05, 3.63) is 69.8 Å². The van der Waals surface area contributed by atoms with Crippen LogP contribution in [-0.2, 0) is 21.2 Å². The second-order valence-electron chi connectivity index (χ2n) is 9.05. The molecule has 0 saturated carbocycles. The number of nitrogens with zero attached hydrogens (tertiary/aromatic N) is 3. The molecule has 3 aromatic rings. The number of nitrogens with one attached hydrogen (secondary N) is 1. The minimum atomic E-state index is -4.28. The van der Waals surface area contributed by atoms with Crippen LogP contribution in [0.4, 0.5) is 10.1 Å². The minimum absolute atomic E-state index is 0.0960. The number of rotatable bonds is 4.